The molecule has 0 radical (unpaired) electrons. The molecule has 0 unspecified atom stereocenters. The number of imide groups is 1. The number of halogens is 1. The molecule has 1 aliphatic heterocycles. The topological polar surface area (TPSA) is 199 Å². The Labute approximate surface area is 345 Å². The monoisotopic (exact) mass is 900 g/mol. The number of aromatic nitrogens is 2. The largest absolute Gasteiger partial charge is 0.480 e. The number of aliphatic carboxylic acids is 1. The number of ether oxygens (including phenoxy) is 3. The molecule has 1 atom stereocenters. The Morgan fingerprint density at radius 3 is 1.91 bits per heavy atom. The summed E-state index contributed by atoms with van der Waals surface area (Å²) >= 11 is 2.18. The van der Waals surface area contributed by atoms with Gasteiger partial charge in [0.05, 0.1) is 5.69 Å². The molecular weight excluding hydrogens is 851 g/mol. The summed E-state index contributed by atoms with van der Waals surface area (Å²) in [6.07, 6.45) is -1.24. The molecule has 0 bridgehead atoms. The fourth-order valence-corrected chi connectivity index (χ4v) is 5.90. The summed E-state index contributed by atoms with van der Waals surface area (Å²) in [5.41, 5.74) is -0.652. The first-order chi connectivity index (χ1) is 26.4. The van der Waals surface area contributed by atoms with Crippen LogP contribution in [0.1, 0.15) is 95.1 Å². The van der Waals surface area contributed by atoms with E-state index in [1.807, 2.05) is 24.3 Å². The lowest BCUT2D eigenvalue weighted by Gasteiger charge is -2.30. The summed E-state index contributed by atoms with van der Waals surface area (Å²) < 4.78 is 18.7. The Morgan fingerprint density at radius 2 is 1.39 bits per heavy atom. The minimum Gasteiger partial charge on any atom is -0.480 e. The van der Waals surface area contributed by atoms with Crippen molar-refractivity contribution in [1.29, 1.82) is 0 Å². The highest BCUT2D eigenvalue weighted by molar-refractivity contribution is 14.1. The number of carboxylic acid groups (broad SMARTS) is 1. The molecular formula is C40H49IN6O10. The first-order valence-electron chi connectivity index (χ1n) is 18.2. The molecule has 17 heteroatoms. The van der Waals surface area contributed by atoms with Gasteiger partial charge in [-0.2, -0.15) is 15.0 Å². The first kappa shape index (κ1) is 44.4. The Bertz CT molecular complexity index is 1990. The number of nitrogens with one attached hydrogen (secondary N) is 1. The summed E-state index contributed by atoms with van der Waals surface area (Å²) in [6.45, 7) is 14.7. The van der Waals surface area contributed by atoms with Crippen molar-refractivity contribution in [3.05, 3.63) is 86.2 Å². The third kappa shape index (κ3) is 13.4. The maximum atomic E-state index is 14.1. The van der Waals surface area contributed by atoms with E-state index in [2.05, 4.69) is 38.0 Å². The average Bonchev–Trinajstić information content (AvgIpc) is 3.47. The van der Waals surface area contributed by atoms with Crippen molar-refractivity contribution in [3.63, 3.8) is 0 Å². The van der Waals surface area contributed by atoms with E-state index in [0.29, 0.717) is 23.6 Å². The molecule has 0 spiro atoms. The van der Waals surface area contributed by atoms with Crippen LogP contribution in [0.3, 0.4) is 0 Å². The minimum atomic E-state index is -1.17. The van der Waals surface area contributed by atoms with Gasteiger partial charge in [-0.05, 0) is 115 Å². The second-order valence-electron chi connectivity index (χ2n) is 16.3. The molecule has 3 aromatic rings. The number of rotatable bonds is 8. The van der Waals surface area contributed by atoms with Crippen molar-refractivity contribution in [1.82, 2.24) is 24.9 Å². The molecule has 4 rings (SSSR count). The number of carbonyl (C=O) groups excluding carboxylic acids is 5. The van der Waals surface area contributed by atoms with E-state index in [9.17, 15) is 33.9 Å². The van der Waals surface area contributed by atoms with E-state index in [1.165, 1.54) is 28.9 Å². The van der Waals surface area contributed by atoms with Crippen LogP contribution in [0.2, 0.25) is 0 Å². The number of carboxylic acids is 1. The van der Waals surface area contributed by atoms with Crippen LogP contribution in [0.25, 0.3) is 0 Å². The fraction of sp³-hybridized carbons (Fsp3) is 0.450. The number of nitrogens with zero attached hydrogens (tertiary/aromatic N) is 5. The molecule has 2 N–H and O–H groups in total. The molecule has 57 heavy (non-hydrogen) atoms. The van der Waals surface area contributed by atoms with Crippen molar-refractivity contribution >= 4 is 64.5 Å². The number of fused-ring (bicyclic) bond motifs is 1. The van der Waals surface area contributed by atoms with Crippen LogP contribution >= 0.6 is 22.6 Å². The number of amidine groups is 1. The molecule has 0 aliphatic carbocycles. The zero-order valence-corrected chi connectivity index (χ0v) is 35.7. The van der Waals surface area contributed by atoms with Gasteiger partial charge < -0.3 is 29.5 Å². The Kier molecular flexibility index (Phi) is 13.9. The van der Waals surface area contributed by atoms with Crippen LogP contribution in [-0.4, -0.2) is 96.0 Å². The Morgan fingerprint density at radius 1 is 0.842 bits per heavy atom. The van der Waals surface area contributed by atoms with Gasteiger partial charge in [-0.1, -0.05) is 24.3 Å². The van der Waals surface area contributed by atoms with Crippen LogP contribution < -0.4 is 5.32 Å². The molecule has 16 nitrogen and oxygen atoms in total. The Hall–Kier alpha value is -5.33. The third-order valence-electron chi connectivity index (χ3n) is 7.83. The van der Waals surface area contributed by atoms with Gasteiger partial charge in [0.2, 0.25) is 5.91 Å². The summed E-state index contributed by atoms with van der Waals surface area (Å²) in [7, 11) is 0. The predicted octanol–water partition coefficient (Wildman–Crippen LogP) is 6.35. The highest BCUT2D eigenvalue weighted by atomic mass is 127. The van der Waals surface area contributed by atoms with E-state index < -0.39 is 58.8 Å². The molecule has 5 amide bonds. The average molecular weight is 901 g/mol. The second-order valence-corrected chi connectivity index (χ2v) is 17.6. The molecule has 0 fully saturated rings. The van der Waals surface area contributed by atoms with E-state index in [4.69, 9.17) is 14.2 Å². The van der Waals surface area contributed by atoms with Gasteiger partial charge >= 0.3 is 24.2 Å². The lowest BCUT2D eigenvalue weighted by atomic mass is 10.0. The summed E-state index contributed by atoms with van der Waals surface area (Å²) in [4.78, 5) is 85.6. The molecule has 306 valence electrons. The minimum absolute atomic E-state index is 0.0632. The normalized spacial score (nSPS) is 13.9. The smallest absolute Gasteiger partial charge is 0.436 e. The van der Waals surface area contributed by atoms with Gasteiger partial charge in [-0.15, -0.1) is 0 Å². The van der Waals surface area contributed by atoms with Crippen molar-refractivity contribution in [3.8, 4) is 0 Å². The van der Waals surface area contributed by atoms with Crippen molar-refractivity contribution in [2.24, 2.45) is 4.99 Å². The van der Waals surface area contributed by atoms with E-state index in [1.54, 1.807) is 73.4 Å². The van der Waals surface area contributed by atoms with Gasteiger partial charge in [0, 0.05) is 52.4 Å². The summed E-state index contributed by atoms with van der Waals surface area (Å²) in [6, 6.07) is 12.1. The maximum Gasteiger partial charge on any atom is 0.436 e. The zero-order valence-electron chi connectivity index (χ0n) is 33.5. The Balaban J connectivity index is 1.67. The van der Waals surface area contributed by atoms with Gasteiger partial charge in [-0.25, -0.2) is 14.4 Å². The highest BCUT2D eigenvalue weighted by Gasteiger charge is 2.37. The molecule has 1 aromatic heterocycles. The van der Waals surface area contributed by atoms with Gasteiger partial charge in [-0.3, -0.25) is 19.1 Å². The van der Waals surface area contributed by atoms with Crippen molar-refractivity contribution in [2.75, 3.05) is 6.54 Å². The number of hydrogen-bond donors (Lipinski definition) is 2. The van der Waals surface area contributed by atoms with Crippen LogP contribution in [0, 0.1) is 3.57 Å². The predicted molar refractivity (Wildman–Crippen MR) is 217 cm³/mol. The summed E-state index contributed by atoms with van der Waals surface area (Å²) in [5, 5.41) is 16.4. The van der Waals surface area contributed by atoms with Crippen LogP contribution in [0.4, 0.5) is 14.4 Å². The van der Waals surface area contributed by atoms with E-state index in [-0.39, 0.29) is 36.5 Å². The van der Waals surface area contributed by atoms with Gasteiger partial charge in [0.25, 0.3) is 5.91 Å². The number of aliphatic imine (C=N–C) groups is 1. The second kappa shape index (κ2) is 17.9. The fourth-order valence-electron chi connectivity index (χ4n) is 5.54. The first-order valence-corrected chi connectivity index (χ1v) is 19.2. The molecule has 0 saturated heterocycles. The SMILES string of the molecule is CC(C)(C)OC(=O)N=C(c1ccc(C(=O)N[C@@H](Cc2ccc(I)cc2)C(=O)N2CCc3nn(CC(=O)O)cc3C2)cc1)N(C(=O)OC(C)(C)C)C(=O)OC(C)(C)C. The summed E-state index contributed by atoms with van der Waals surface area (Å²) in [5.74, 6) is -2.44. The van der Waals surface area contributed by atoms with Crippen molar-refractivity contribution in [2.45, 2.75) is 111 Å². The number of hydrogen-bond acceptors (Lipinski definition) is 10. The van der Waals surface area contributed by atoms with Crippen LogP contribution in [0.5, 0.6) is 0 Å². The molecule has 1 aliphatic rings. The lowest BCUT2D eigenvalue weighted by Crippen LogP contribution is -2.50. The zero-order chi connectivity index (χ0) is 42.5. The number of amides is 5. The van der Waals surface area contributed by atoms with Gasteiger partial charge in [0.15, 0.2) is 5.84 Å². The van der Waals surface area contributed by atoms with E-state index in [0.717, 1.165) is 14.7 Å². The highest BCUT2D eigenvalue weighted by Crippen LogP contribution is 2.22. The van der Waals surface area contributed by atoms with E-state index >= 15 is 0 Å². The van der Waals surface area contributed by atoms with Crippen LogP contribution in [-0.2, 0) is 49.7 Å². The lowest BCUT2D eigenvalue weighted by molar-refractivity contribution is -0.138. The van der Waals surface area contributed by atoms with Crippen molar-refractivity contribution < 1.29 is 48.1 Å². The molecule has 2 heterocycles. The quantitative estimate of drug-likeness (QED) is 0.111. The van der Waals surface area contributed by atoms with Gasteiger partial charge in [0.1, 0.15) is 29.4 Å². The standard InChI is InChI=1S/C40H49IN6O10/c1-38(2,3)55-35(52)43-32(47(36(53)56-39(4,5)6)37(54)57-40(7,8)9)25-12-14-26(15-13-25)33(50)42-30(20-24-10-16-28(41)17-11-24)34(51)45-19-18-29-27(21-45)22-46(44-29)23-31(48)49/h10-17,22,30H,18-21,23H2,1-9H3,(H,42,50)(H,48,49)/t30-/m0/s1. The molecule has 2 aromatic carbocycles. The number of carbonyl (C=O) groups is 6. The third-order valence-corrected chi connectivity index (χ3v) is 8.55. The van der Waals surface area contributed by atoms with Crippen LogP contribution in [0.15, 0.2) is 59.7 Å². The molecule has 0 saturated carbocycles. The maximum absolute atomic E-state index is 14.1. The number of benzene rings is 2.